The van der Waals surface area contributed by atoms with Crippen LogP contribution in [0.15, 0.2) is 16.6 Å². The van der Waals surface area contributed by atoms with E-state index in [1.54, 1.807) is 12.1 Å². The highest BCUT2D eigenvalue weighted by molar-refractivity contribution is 9.10. The van der Waals surface area contributed by atoms with Gasteiger partial charge in [0.2, 0.25) is 0 Å². The van der Waals surface area contributed by atoms with Crippen LogP contribution in [0.3, 0.4) is 0 Å². The van der Waals surface area contributed by atoms with Crippen LogP contribution in [0.5, 0.6) is 0 Å². The Morgan fingerprint density at radius 1 is 1.31 bits per heavy atom. The molecule has 1 aromatic rings. The third kappa shape index (κ3) is 1.17. The predicted molar refractivity (Wildman–Crippen MR) is 52.1 cm³/mol. The van der Waals surface area contributed by atoms with Crippen molar-refractivity contribution < 1.29 is 9.59 Å². The molecule has 0 aliphatic carbocycles. The van der Waals surface area contributed by atoms with Gasteiger partial charge in [0.1, 0.15) is 0 Å². The Morgan fingerprint density at radius 2 is 2.00 bits per heavy atom. The normalized spacial score (nSPS) is 14.3. The molecule has 0 atom stereocenters. The molecule has 1 aromatic carbocycles. The number of halogens is 2. The van der Waals surface area contributed by atoms with E-state index in [0.29, 0.717) is 20.7 Å². The maximum absolute atomic E-state index is 11.3. The monoisotopic (exact) mass is 259 g/mol. The topological polar surface area (TPSA) is 46.2 Å². The Hall–Kier alpha value is -0.870. The van der Waals surface area contributed by atoms with Crippen LogP contribution in [0, 0.1) is 0 Å². The zero-order valence-electron chi connectivity index (χ0n) is 6.23. The van der Waals surface area contributed by atoms with Crippen LogP contribution >= 0.6 is 27.5 Å². The van der Waals surface area contributed by atoms with Gasteiger partial charge in [-0.1, -0.05) is 11.6 Å². The summed E-state index contributed by atoms with van der Waals surface area (Å²) in [6, 6.07) is 3.22. The summed E-state index contributed by atoms with van der Waals surface area (Å²) < 4.78 is 0.468. The minimum absolute atomic E-state index is 0.317. The van der Waals surface area contributed by atoms with Crippen molar-refractivity contribution in [2.45, 2.75) is 0 Å². The molecule has 3 nitrogen and oxygen atoms in total. The molecule has 0 bridgehead atoms. The maximum atomic E-state index is 11.3. The van der Waals surface area contributed by atoms with E-state index in [-0.39, 0.29) is 0 Å². The number of fused-ring (bicyclic) bond motifs is 1. The average Bonchev–Trinajstić information content (AvgIpc) is 2.37. The molecule has 1 heterocycles. The lowest BCUT2D eigenvalue weighted by Gasteiger charge is -2.00. The van der Waals surface area contributed by atoms with Gasteiger partial charge in [0.15, 0.2) is 0 Å². The number of hydrogen-bond donors (Lipinski definition) is 1. The van der Waals surface area contributed by atoms with Crippen molar-refractivity contribution in [3.05, 3.63) is 27.2 Å². The summed E-state index contributed by atoms with van der Waals surface area (Å²) in [6.45, 7) is 0. The maximum Gasteiger partial charge on any atom is 0.296 e. The van der Waals surface area contributed by atoms with E-state index in [0.717, 1.165) is 0 Å². The highest BCUT2D eigenvalue weighted by Gasteiger charge is 2.30. The van der Waals surface area contributed by atoms with Crippen LogP contribution in [0.2, 0.25) is 5.02 Å². The summed E-state index contributed by atoms with van der Waals surface area (Å²) >= 11 is 8.92. The average molecular weight is 260 g/mol. The second kappa shape index (κ2) is 2.82. The fourth-order valence-electron chi connectivity index (χ4n) is 1.17. The number of hydrogen-bond acceptors (Lipinski definition) is 2. The molecule has 0 fully saturated rings. The summed E-state index contributed by atoms with van der Waals surface area (Å²) in [5.74, 6) is -1.16. The van der Waals surface area contributed by atoms with Crippen LogP contribution in [-0.2, 0) is 4.79 Å². The molecule has 1 amide bonds. The molecule has 0 spiro atoms. The van der Waals surface area contributed by atoms with Crippen molar-refractivity contribution in [2.24, 2.45) is 0 Å². The Balaban J connectivity index is 2.73. The molecular weight excluding hydrogens is 257 g/mol. The first kappa shape index (κ1) is 8.72. The number of carbonyl (C=O) groups excluding carboxylic acids is 2. The van der Waals surface area contributed by atoms with Crippen LogP contribution in [0.1, 0.15) is 10.4 Å². The van der Waals surface area contributed by atoms with Gasteiger partial charge in [0, 0.05) is 4.47 Å². The van der Waals surface area contributed by atoms with E-state index in [4.69, 9.17) is 11.6 Å². The highest BCUT2D eigenvalue weighted by atomic mass is 79.9. The van der Waals surface area contributed by atoms with Gasteiger partial charge in [-0.25, -0.2) is 0 Å². The summed E-state index contributed by atoms with van der Waals surface area (Å²) in [4.78, 5) is 22.2. The number of rotatable bonds is 0. The fourth-order valence-corrected chi connectivity index (χ4v) is 1.85. The lowest BCUT2D eigenvalue weighted by Crippen LogP contribution is -2.12. The van der Waals surface area contributed by atoms with Gasteiger partial charge in [-0.2, -0.15) is 0 Å². The van der Waals surface area contributed by atoms with Crippen molar-refractivity contribution in [1.82, 2.24) is 0 Å². The summed E-state index contributed by atoms with van der Waals surface area (Å²) in [7, 11) is 0. The van der Waals surface area contributed by atoms with Gasteiger partial charge in [0.25, 0.3) is 11.7 Å². The molecule has 2 rings (SSSR count). The van der Waals surface area contributed by atoms with Crippen molar-refractivity contribution in [2.75, 3.05) is 5.32 Å². The Kier molecular flexibility index (Phi) is 1.89. The van der Waals surface area contributed by atoms with E-state index >= 15 is 0 Å². The molecule has 0 radical (unpaired) electrons. The van der Waals surface area contributed by atoms with Crippen molar-refractivity contribution in [3.8, 4) is 0 Å². The van der Waals surface area contributed by atoms with Gasteiger partial charge in [-0.3, -0.25) is 9.59 Å². The number of anilines is 1. The standard InChI is InChI=1S/C8H3BrClNO2/c9-6-3(10)1-2-4-5(6)7(12)8(13)11-4/h1-2H,(H,11,12,13). The highest BCUT2D eigenvalue weighted by Crippen LogP contribution is 2.35. The van der Waals surface area contributed by atoms with Gasteiger partial charge in [0.05, 0.1) is 16.3 Å². The van der Waals surface area contributed by atoms with E-state index in [2.05, 4.69) is 21.2 Å². The summed E-state index contributed by atoms with van der Waals surface area (Å²) in [5.41, 5.74) is 0.823. The first-order valence-corrected chi connectivity index (χ1v) is 4.62. The first-order valence-electron chi connectivity index (χ1n) is 3.45. The van der Waals surface area contributed by atoms with E-state index in [1.165, 1.54) is 0 Å². The zero-order chi connectivity index (χ0) is 9.59. The van der Waals surface area contributed by atoms with E-state index < -0.39 is 11.7 Å². The van der Waals surface area contributed by atoms with E-state index in [9.17, 15) is 9.59 Å². The molecule has 0 aromatic heterocycles. The molecule has 5 heteroatoms. The van der Waals surface area contributed by atoms with Crippen molar-refractivity contribution >= 4 is 44.9 Å². The number of ketones is 1. The van der Waals surface area contributed by atoms with Gasteiger partial charge < -0.3 is 5.32 Å². The Morgan fingerprint density at radius 3 is 2.69 bits per heavy atom. The largest absolute Gasteiger partial charge is 0.318 e. The lowest BCUT2D eigenvalue weighted by molar-refractivity contribution is -0.112. The third-order valence-electron chi connectivity index (χ3n) is 1.78. The summed E-state index contributed by atoms with van der Waals surface area (Å²) in [5, 5.41) is 2.86. The first-order chi connectivity index (χ1) is 6.11. The predicted octanol–water partition coefficient (Wildman–Crippen LogP) is 2.24. The summed E-state index contributed by atoms with van der Waals surface area (Å²) in [6.07, 6.45) is 0. The minimum atomic E-state index is -0.613. The van der Waals surface area contributed by atoms with Gasteiger partial charge in [-0.05, 0) is 28.1 Å². The molecule has 0 saturated carbocycles. The zero-order valence-corrected chi connectivity index (χ0v) is 8.57. The lowest BCUT2D eigenvalue weighted by atomic mass is 10.1. The number of amides is 1. The molecule has 66 valence electrons. The molecule has 1 N–H and O–H groups in total. The SMILES string of the molecule is O=C1Nc2ccc(Cl)c(Br)c2C1=O. The molecule has 0 unspecified atom stereocenters. The number of nitrogens with one attached hydrogen (secondary N) is 1. The fraction of sp³-hybridized carbons (Fsp3) is 0. The van der Waals surface area contributed by atoms with Crippen LogP contribution in [0.25, 0.3) is 0 Å². The Bertz CT molecular complexity index is 430. The molecule has 1 aliphatic heterocycles. The number of carbonyl (C=O) groups is 2. The molecular formula is C8H3BrClNO2. The second-order valence-corrected chi connectivity index (χ2v) is 3.77. The smallest absolute Gasteiger partial charge is 0.296 e. The molecule has 13 heavy (non-hydrogen) atoms. The Labute approximate surface area is 87.2 Å². The van der Waals surface area contributed by atoms with Crippen LogP contribution in [-0.4, -0.2) is 11.7 Å². The minimum Gasteiger partial charge on any atom is -0.318 e. The van der Waals surface area contributed by atoms with Crippen LogP contribution < -0.4 is 5.32 Å². The van der Waals surface area contributed by atoms with Crippen LogP contribution in [0.4, 0.5) is 5.69 Å². The molecule has 1 aliphatic rings. The van der Waals surface area contributed by atoms with Gasteiger partial charge in [-0.15, -0.1) is 0 Å². The quantitative estimate of drug-likeness (QED) is 0.727. The number of benzene rings is 1. The number of Topliss-reactive ketones (excluding diaryl/α,β-unsaturated/α-hetero) is 1. The van der Waals surface area contributed by atoms with Gasteiger partial charge >= 0.3 is 0 Å². The van der Waals surface area contributed by atoms with Crippen molar-refractivity contribution in [1.29, 1.82) is 0 Å². The van der Waals surface area contributed by atoms with E-state index in [1.807, 2.05) is 0 Å². The third-order valence-corrected chi connectivity index (χ3v) is 3.14. The van der Waals surface area contributed by atoms with Crippen molar-refractivity contribution in [3.63, 3.8) is 0 Å². The molecule has 0 saturated heterocycles. The second-order valence-electron chi connectivity index (χ2n) is 2.57.